The highest BCUT2D eigenvalue weighted by Gasteiger charge is 2.16. The van der Waals surface area contributed by atoms with Crippen molar-refractivity contribution in [2.24, 2.45) is 5.92 Å². The average molecular weight is 379 g/mol. The zero-order valence-corrected chi connectivity index (χ0v) is 16.6. The predicted octanol–water partition coefficient (Wildman–Crippen LogP) is 4.53. The number of urea groups is 1. The van der Waals surface area contributed by atoms with E-state index in [9.17, 15) is 9.59 Å². The second kappa shape index (κ2) is 11.1. The summed E-state index contributed by atoms with van der Waals surface area (Å²) < 4.78 is 4.64. The molecule has 5 nitrogen and oxygen atoms in total. The van der Waals surface area contributed by atoms with Crippen molar-refractivity contribution in [3.05, 3.63) is 29.8 Å². The van der Waals surface area contributed by atoms with Gasteiger partial charge in [0, 0.05) is 25.0 Å². The number of nitrogens with zero attached hydrogens (tertiary/aromatic N) is 1. The van der Waals surface area contributed by atoms with Gasteiger partial charge < -0.3 is 15.0 Å². The molecular formula is C20H30N2O3S. The maximum Gasteiger partial charge on any atom is 0.321 e. The summed E-state index contributed by atoms with van der Waals surface area (Å²) in [7, 11) is 3.25. The van der Waals surface area contributed by atoms with Gasteiger partial charge in [-0.25, -0.2) is 4.79 Å². The standard InChI is InChI=1S/C20H30N2O3S/c1-22(12-11-16-7-4-3-5-8-16)20(24)21-18-10-6-9-17(13-18)14-26-15-19(23)25-2/h6,9-10,13,16H,3-5,7-8,11-12,14-15H2,1-2H3,(H,21,24). The van der Waals surface area contributed by atoms with Crippen LogP contribution in [0.4, 0.5) is 10.5 Å². The molecule has 2 amide bonds. The van der Waals surface area contributed by atoms with Crippen LogP contribution in [0, 0.1) is 5.92 Å². The van der Waals surface area contributed by atoms with Crippen molar-refractivity contribution in [2.45, 2.75) is 44.3 Å². The number of ether oxygens (including phenoxy) is 1. The predicted molar refractivity (Wildman–Crippen MR) is 107 cm³/mol. The maximum absolute atomic E-state index is 12.4. The lowest BCUT2D eigenvalue weighted by atomic mass is 9.87. The molecule has 0 heterocycles. The van der Waals surface area contributed by atoms with Crippen molar-refractivity contribution in [1.82, 2.24) is 4.90 Å². The van der Waals surface area contributed by atoms with Crippen LogP contribution in [0.15, 0.2) is 24.3 Å². The Balaban J connectivity index is 1.76. The van der Waals surface area contributed by atoms with Gasteiger partial charge in [0.1, 0.15) is 0 Å². The van der Waals surface area contributed by atoms with Gasteiger partial charge in [0.25, 0.3) is 0 Å². The Morgan fingerprint density at radius 3 is 2.77 bits per heavy atom. The van der Waals surface area contributed by atoms with E-state index < -0.39 is 0 Å². The van der Waals surface area contributed by atoms with E-state index in [0.29, 0.717) is 11.5 Å². The molecule has 0 radical (unpaired) electrons. The van der Waals surface area contributed by atoms with Gasteiger partial charge in [-0.1, -0.05) is 44.2 Å². The van der Waals surface area contributed by atoms with Crippen LogP contribution in [-0.2, 0) is 15.3 Å². The number of hydrogen-bond acceptors (Lipinski definition) is 4. The van der Waals surface area contributed by atoms with Crippen molar-refractivity contribution < 1.29 is 14.3 Å². The Hall–Kier alpha value is -1.69. The number of carbonyl (C=O) groups excluding carboxylic acids is 2. The van der Waals surface area contributed by atoms with Crippen molar-refractivity contribution in [2.75, 3.05) is 31.8 Å². The molecule has 0 unspecified atom stereocenters. The summed E-state index contributed by atoms with van der Waals surface area (Å²) in [5.41, 5.74) is 1.86. The molecule has 0 aromatic heterocycles. The number of carbonyl (C=O) groups is 2. The first-order chi connectivity index (χ1) is 12.6. The number of thioether (sulfide) groups is 1. The highest BCUT2D eigenvalue weighted by Crippen LogP contribution is 2.26. The molecule has 1 saturated carbocycles. The molecule has 2 rings (SSSR count). The lowest BCUT2D eigenvalue weighted by molar-refractivity contribution is -0.137. The summed E-state index contributed by atoms with van der Waals surface area (Å²) in [4.78, 5) is 25.3. The average Bonchev–Trinajstić information content (AvgIpc) is 2.67. The topological polar surface area (TPSA) is 58.6 Å². The third-order valence-corrected chi connectivity index (χ3v) is 5.82. The largest absolute Gasteiger partial charge is 0.468 e. The minimum absolute atomic E-state index is 0.0693. The highest BCUT2D eigenvalue weighted by atomic mass is 32.2. The van der Waals surface area contributed by atoms with Gasteiger partial charge >= 0.3 is 12.0 Å². The van der Waals surface area contributed by atoms with Crippen LogP contribution in [0.1, 0.15) is 44.1 Å². The van der Waals surface area contributed by atoms with Gasteiger partial charge in [0.15, 0.2) is 0 Å². The summed E-state index contributed by atoms with van der Waals surface area (Å²) in [6, 6.07) is 7.69. The number of rotatable bonds is 8. The van der Waals surface area contributed by atoms with Gasteiger partial charge in [0.05, 0.1) is 12.9 Å². The normalized spacial score (nSPS) is 14.7. The molecule has 1 N–H and O–H groups in total. The summed E-state index contributed by atoms with van der Waals surface area (Å²) in [6.07, 6.45) is 7.74. The minimum atomic E-state index is -0.223. The van der Waals surface area contributed by atoms with E-state index in [4.69, 9.17) is 0 Å². The van der Waals surface area contributed by atoms with Gasteiger partial charge in [-0.3, -0.25) is 4.79 Å². The molecule has 1 aliphatic carbocycles. The van der Waals surface area contributed by atoms with E-state index in [1.807, 2.05) is 31.3 Å². The van der Waals surface area contributed by atoms with E-state index in [0.717, 1.165) is 30.1 Å². The zero-order valence-electron chi connectivity index (χ0n) is 15.8. The van der Waals surface area contributed by atoms with E-state index in [1.165, 1.54) is 51.0 Å². The Kier molecular flexibility index (Phi) is 8.81. The number of methoxy groups -OCH3 is 1. The van der Waals surface area contributed by atoms with Crippen LogP contribution in [-0.4, -0.2) is 43.4 Å². The SMILES string of the molecule is COC(=O)CSCc1cccc(NC(=O)N(C)CCC2CCCCC2)c1. The highest BCUT2D eigenvalue weighted by molar-refractivity contribution is 7.99. The molecule has 0 spiro atoms. The molecule has 1 aromatic rings. The molecule has 0 atom stereocenters. The molecule has 26 heavy (non-hydrogen) atoms. The fourth-order valence-electron chi connectivity index (χ4n) is 3.22. The number of esters is 1. The van der Waals surface area contributed by atoms with Crippen molar-refractivity contribution in [1.29, 1.82) is 0 Å². The second-order valence-electron chi connectivity index (χ2n) is 6.91. The van der Waals surface area contributed by atoms with Gasteiger partial charge in [-0.2, -0.15) is 0 Å². The number of amides is 2. The van der Waals surface area contributed by atoms with Gasteiger partial charge in [0.2, 0.25) is 0 Å². The van der Waals surface area contributed by atoms with E-state index in [2.05, 4.69) is 10.1 Å². The molecule has 6 heteroatoms. The van der Waals surface area contributed by atoms with Crippen molar-refractivity contribution >= 4 is 29.4 Å². The fraction of sp³-hybridized carbons (Fsp3) is 0.600. The zero-order chi connectivity index (χ0) is 18.8. The van der Waals surface area contributed by atoms with Crippen LogP contribution in [0.5, 0.6) is 0 Å². The summed E-state index contributed by atoms with van der Waals surface area (Å²) in [5, 5.41) is 2.97. The van der Waals surface area contributed by atoms with Crippen molar-refractivity contribution in [3.8, 4) is 0 Å². The maximum atomic E-state index is 12.4. The Morgan fingerprint density at radius 2 is 2.04 bits per heavy atom. The van der Waals surface area contributed by atoms with E-state index in [-0.39, 0.29) is 12.0 Å². The summed E-state index contributed by atoms with van der Waals surface area (Å²) in [6.45, 7) is 0.797. The summed E-state index contributed by atoms with van der Waals surface area (Å²) in [5.74, 6) is 1.58. The van der Waals surface area contributed by atoms with Crippen LogP contribution in [0.2, 0.25) is 0 Å². The lowest BCUT2D eigenvalue weighted by Crippen LogP contribution is -2.33. The lowest BCUT2D eigenvalue weighted by Gasteiger charge is -2.24. The summed E-state index contributed by atoms with van der Waals surface area (Å²) >= 11 is 1.50. The first kappa shape index (κ1) is 20.6. The molecule has 1 aromatic carbocycles. The van der Waals surface area contributed by atoms with Crippen LogP contribution in [0.3, 0.4) is 0 Å². The molecule has 0 saturated heterocycles. The Labute approximate surface area is 160 Å². The van der Waals surface area contributed by atoms with E-state index in [1.54, 1.807) is 4.90 Å². The quantitative estimate of drug-likeness (QED) is 0.675. The number of benzene rings is 1. The minimum Gasteiger partial charge on any atom is -0.468 e. The molecule has 1 aliphatic rings. The third kappa shape index (κ3) is 7.28. The number of nitrogens with one attached hydrogen (secondary N) is 1. The monoisotopic (exact) mass is 378 g/mol. The molecule has 0 bridgehead atoms. The van der Waals surface area contributed by atoms with E-state index >= 15 is 0 Å². The Morgan fingerprint density at radius 1 is 1.27 bits per heavy atom. The van der Waals surface area contributed by atoms with Gasteiger partial charge in [-0.15, -0.1) is 11.8 Å². The number of anilines is 1. The fourth-order valence-corrected chi connectivity index (χ4v) is 4.02. The molecular weight excluding hydrogens is 348 g/mol. The first-order valence-electron chi connectivity index (χ1n) is 9.34. The van der Waals surface area contributed by atoms with Gasteiger partial charge in [-0.05, 0) is 30.0 Å². The second-order valence-corrected chi connectivity index (χ2v) is 7.90. The Bertz CT molecular complexity index is 588. The van der Waals surface area contributed by atoms with Crippen molar-refractivity contribution in [3.63, 3.8) is 0 Å². The van der Waals surface area contributed by atoms with Crippen LogP contribution in [0.25, 0.3) is 0 Å². The molecule has 1 fully saturated rings. The molecule has 0 aliphatic heterocycles. The van der Waals surface area contributed by atoms with Crippen LogP contribution < -0.4 is 5.32 Å². The smallest absolute Gasteiger partial charge is 0.321 e. The molecule has 144 valence electrons. The number of hydrogen-bond donors (Lipinski definition) is 1. The van der Waals surface area contributed by atoms with Crippen LogP contribution >= 0.6 is 11.8 Å². The first-order valence-corrected chi connectivity index (χ1v) is 10.5. The third-order valence-electron chi connectivity index (χ3n) is 4.84.